The fourth-order valence-electron chi connectivity index (χ4n) is 2.04. The zero-order valence-electron chi connectivity index (χ0n) is 8.86. The minimum Gasteiger partial charge on any atom is -0.354 e. The van der Waals surface area contributed by atoms with Crippen LogP contribution >= 0.6 is 0 Å². The number of nitriles is 2. The first-order valence-corrected chi connectivity index (χ1v) is 5.17. The van der Waals surface area contributed by atoms with Crippen LogP contribution in [0.2, 0.25) is 0 Å². The van der Waals surface area contributed by atoms with E-state index in [0.29, 0.717) is 11.1 Å². The van der Waals surface area contributed by atoms with Gasteiger partial charge in [0, 0.05) is 21.8 Å². The molecule has 3 aromatic rings. The summed E-state index contributed by atoms with van der Waals surface area (Å²) in [5.74, 6) is 0. The standard InChI is InChI=1S/C14H7N3/c15-7-9-2-4-13-12(5-9)11-3-1-10(8-16)6-14(11)17-13/h1-6,17H. The lowest BCUT2D eigenvalue weighted by atomic mass is 10.1. The summed E-state index contributed by atoms with van der Waals surface area (Å²) in [5.41, 5.74) is 3.18. The number of nitrogens with one attached hydrogen (secondary N) is 1. The van der Waals surface area contributed by atoms with E-state index in [1.54, 1.807) is 12.1 Å². The molecule has 2 aromatic carbocycles. The van der Waals surface area contributed by atoms with Crippen LogP contribution in [0.3, 0.4) is 0 Å². The third kappa shape index (κ3) is 1.34. The van der Waals surface area contributed by atoms with E-state index in [-0.39, 0.29) is 0 Å². The van der Waals surface area contributed by atoms with Crippen molar-refractivity contribution in [3.8, 4) is 12.1 Å². The molecule has 0 radical (unpaired) electrons. The van der Waals surface area contributed by atoms with E-state index in [2.05, 4.69) is 17.1 Å². The van der Waals surface area contributed by atoms with Crippen LogP contribution in [0.4, 0.5) is 0 Å². The van der Waals surface area contributed by atoms with Crippen molar-refractivity contribution in [3.63, 3.8) is 0 Å². The second-order valence-corrected chi connectivity index (χ2v) is 3.87. The Hall–Kier alpha value is -2.78. The predicted molar refractivity (Wildman–Crippen MR) is 65.2 cm³/mol. The minimum absolute atomic E-state index is 0.629. The molecule has 0 saturated heterocycles. The monoisotopic (exact) mass is 217 g/mol. The van der Waals surface area contributed by atoms with Crippen LogP contribution < -0.4 is 0 Å². The average molecular weight is 217 g/mol. The normalized spacial score (nSPS) is 10.2. The van der Waals surface area contributed by atoms with E-state index < -0.39 is 0 Å². The fraction of sp³-hybridized carbons (Fsp3) is 0. The highest BCUT2D eigenvalue weighted by atomic mass is 14.7. The van der Waals surface area contributed by atoms with Gasteiger partial charge >= 0.3 is 0 Å². The van der Waals surface area contributed by atoms with Crippen LogP contribution in [-0.2, 0) is 0 Å². The first-order valence-electron chi connectivity index (χ1n) is 5.17. The van der Waals surface area contributed by atoms with E-state index in [1.165, 1.54) is 0 Å². The lowest BCUT2D eigenvalue weighted by Gasteiger charge is -1.92. The highest BCUT2D eigenvalue weighted by molar-refractivity contribution is 6.07. The van der Waals surface area contributed by atoms with Crippen LogP contribution in [-0.4, -0.2) is 4.98 Å². The predicted octanol–water partition coefficient (Wildman–Crippen LogP) is 3.06. The number of hydrogen-bond acceptors (Lipinski definition) is 2. The van der Waals surface area contributed by atoms with E-state index in [4.69, 9.17) is 10.5 Å². The van der Waals surface area contributed by atoms with Gasteiger partial charge in [-0.05, 0) is 30.3 Å². The topological polar surface area (TPSA) is 63.4 Å². The van der Waals surface area contributed by atoms with Gasteiger partial charge in [-0.3, -0.25) is 0 Å². The Kier molecular flexibility index (Phi) is 1.87. The van der Waals surface area contributed by atoms with E-state index in [1.807, 2.05) is 24.3 Å². The molecule has 0 saturated carbocycles. The van der Waals surface area contributed by atoms with Crippen molar-refractivity contribution in [2.45, 2.75) is 0 Å². The zero-order chi connectivity index (χ0) is 11.8. The van der Waals surface area contributed by atoms with Gasteiger partial charge in [-0.2, -0.15) is 10.5 Å². The Morgan fingerprint density at radius 2 is 1.47 bits per heavy atom. The Balaban J connectivity index is 2.44. The SMILES string of the molecule is N#Cc1ccc2c(c1)[nH]c1ccc(C#N)cc12. The first-order chi connectivity index (χ1) is 8.31. The van der Waals surface area contributed by atoms with Gasteiger partial charge in [-0.25, -0.2) is 0 Å². The number of nitrogens with zero attached hydrogens (tertiary/aromatic N) is 2. The number of rotatable bonds is 0. The molecule has 1 N–H and O–H groups in total. The molecule has 0 amide bonds. The van der Waals surface area contributed by atoms with Crippen LogP contribution in [0.15, 0.2) is 36.4 Å². The highest BCUT2D eigenvalue weighted by Gasteiger charge is 2.05. The second kappa shape index (κ2) is 3.37. The number of H-pyrrole nitrogens is 1. The maximum Gasteiger partial charge on any atom is 0.0992 e. The average Bonchev–Trinajstić information content (AvgIpc) is 2.74. The van der Waals surface area contributed by atoms with Gasteiger partial charge in [0.05, 0.1) is 23.3 Å². The maximum atomic E-state index is 8.89. The van der Waals surface area contributed by atoms with Gasteiger partial charge in [-0.15, -0.1) is 0 Å². The van der Waals surface area contributed by atoms with Crippen LogP contribution in [0.1, 0.15) is 11.1 Å². The van der Waals surface area contributed by atoms with Crippen molar-refractivity contribution in [1.82, 2.24) is 4.98 Å². The molecule has 0 bridgehead atoms. The molecule has 0 aliphatic rings. The summed E-state index contributed by atoms with van der Waals surface area (Å²) in [6.07, 6.45) is 0. The molecular formula is C14H7N3. The third-order valence-corrected chi connectivity index (χ3v) is 2.86. The van der Waals surface area contributed by atoms with Gasteiger partial charge < -0.3 is 4.98 Å². The molecule has 0 aliphatic heterocycles. The number of aromatic amines is 1. The molecule has 0 atom stereocenters. The third-order valence-electron chi connectivity index (χ3n) is 2.86. The molecule has 1 aromatic heterocycles. The van der Waals surface area contributed by atoms with Gasteiger partial charge in [0.25, 0.3) is 0 Å². The quantitative estimate of drug-likeness (QED) is 0.629. The number of benzene rings is 2. The fourth-order valence-corrected chi connectivity index (χ4v) is 2.04. The summed E-state index contributed by atoms with van der Waals surface area (Å²) in [6, 6.07) is 15.3. The molecule has 17 heavy (non-hydrogen) atoms. The minimum atomic E-state index is 0.629. The van der Waals surface area contributed by atoms with Crippen LogP contribution in [0, 0.1) is 22.7 Å². The highest BCUT2D eigenvalue weighted by Crippen LogP contribution is 2.26. The smallest absolute Gasteiger partial charge is 0.0992 e. The summed E-state index contributed by atoms with van der Waals surface area (Å²) in [7, 11) is 0. The number of aromatic nitrogens is 1. The molecule has 78 valence electrons. The number of fused-ring (bicyclic) bond motifs is 3. The van der Waals surface area contributed by atoms with E-state index >= 15 is 0 Å². The molecule has 0 aliphatic carbocycles. The summed E-state index contributed by atoms with van der Waals surface area (Å²) >= 11 is 0. The molecule has 0 fully saturated rings. The zero-order valence-corrected chi connectivity index (χ0v) is 8.86. The van der Waals surface area contributed by atoms with Crippen molar-refractivity contribution in [1.29, 1.82) is 10.5 Å². The van der Waals surface area contributed by atoms with E-state index in [0.717, 1.165) is 21.8 Å². The van der Waals surface area contributed by atoms with Crippen molar-refractivity contribution < 1.29 is 0 Å². The molecule has 1 heterocycles. The lowest BCUT2D eigenvalue weighted by molar-refractivity contribution is 1.48. The summed E-state index contributed by atoms with van der Waals surface area (Å²) in [5, 5.41) is 19.8. The van der Waals surface area contributed by atoms with Crippen LogP contribution in [0.5, 0.6) is 0 Å². The van der Waals surface area contributed by atoms with Gasteiger partial charge in [0.15, 0.2) is 0 Å². The number of hydrogen-bond donors (Lipinski definition) is 1. The molecule has 3 heteroatoms. The molecule has 0 spiro atoms. The van der Waals surface area contributed by atoms with Crippen molar-refractivity contribution in [2.75, 3.05) is 0 Å². The Morgan fingerprint density at radius 3 is 2.24 bits per heavy atom. The molecule has 0 unspecified atom stereocenters. The Bertz CT molecular complexity index is 813. The first kappa shape index (κ1) is 9.45. The summed E-state index contributed by atoms with van der Waals surface area (Å²) < 4.78 is 0. The Morgan fingerprint density at radius 1 is 0.765 bits per heavy atom. The van der Waals surface area contributed by atoms with Gasteiger partial charge in [0.2, 0.25) is 0 Å². The van der Waals surface area contributed by atoms with Crippen molar-refractivity contribution in [2.24, 2.45) is 0 Å². The molecular weight excluding hydrogens is 210 g/mol. The molecule has 3 rings (SSSR count). The summed E-state index contributed by atoms with van der Waals surface area (Å²) in [6.45, 7) is 0. The van der Waals surface area contributed by atoms with Crippen LogP contribution in [0.25, 0.3) is 21.8 Å². The van der Waals surface area contributed by atoms with E-state index in [9.17, 15) is 0 Å². The largest absolute Gasteiger partial charge is 0.354 e. The van der Waals surface area contributed by atoms with Gasteiger partial charge in [0.1, 0.15) is 0 Å². The Labute approximate surface area is 97.5 Å². The van der Waals surface area contributed by atoms with Gasteiger partial charge in [-0.1, -0.05) is 6.07 Å². The second-order valence-electron chi connectivity index (χ2n) is 3.87. The lowest BCUT2D eigenvalue weighted by Crippen LogP contribution is -1.73. The van der Waals surface area contributed by atoms with Crippen molar-refractivity contribution in [3.05, 3.63) is 47.5 Å². The summed E-state index contributed by atoms with van der Waals surface area (Å²) in [4.78, 5) is 3.24. The van der Waals surface area contributed by atoms with Crippen molar-refractivity contribution >= 4 is 21.8 Å². The maximum absolute atomic E-state index is 8.89. The molecule has 3 nitrogen and oxygen atoms in total.